The largest absolute Gasteiger partial charge is 0.340 e. The lowest BCUT2D eigenvalue weighted by atomic mass is 10.3. The van der Waals surface area contributed by atoms with Crippen LogP contribution in [0.4, 0.5) is 20.7 Å². The Hall–Kier alpha value is -2.86. The third kappa shape index (κ3) is 3.59. The molecule has 1 saturated heterocycles. The molecule has 4 aromatic rings. The van der Waals surface area contributed by atoms with Crippen LogP contribution >= 0.6 is 15.9 Å². The number of fused-ring (bicyclic) bond motifs is 2. The van der Waals surface area contributed by atoms with E-state index in [-0.39, 0.29) is 5.52 Å². The number of H-pyrrole nitrogens is 1. The summed E-state index contributed by atoms with van der Waals surface area (Å²) in [5.41, 5.74) is 1.08. The summed E-state index contributed by atoms with van der Waals surface area (Å²) in [4.78, 5) is 23.0. The van der Waals surface area contributed by atoms with E-state index >= 15 is 0 Å². The van der Waals surface area contributed by atoms with Crippen LogP contribution in [0.15, 0.2) is 22.8 Å². The molecule has 4 heterocycles. The molecule has 0 saturated carbocycles. The second kappa shape index (κ2) is 7.68. The first-order valence-corrected chi connectivity index (χ1v) is 10.6. The first-order valence-electron chi connectivity index (χ1n) is 9.79. The van der Waals surface area contributed by atoms with E-state index in [1.807, 2.05) is 11.9 Å². The number of nitrogens with zero attached hydrogens (tertiary/aromatic N) is 8. The third-order valence-corrected chi connectivity index (χ3v) is 5.96. The molecule has 1 aliphatic rings. The lowest BCUT2D eigenvalue weighted by molar-refractivity contribution is 0.311. The van der Waals surface area contributed by atoms with E-state index in [2.05, 4.69) is 47.8 Å². The third-order valence-electron chi connectivity index (χ3n) is 5.41. The molecule has 9 nitrogen and oxygen atoms in total. The standard InChI is InChI=1S/C19H20BrF2N9/c1-28-5-7-30(8-6-28)18-26-17-11(20)9-23-31(17)19(27-18)29(2)10-14-24-13-4-3-12(21)15(22)16(13)25-14/h3-4,9H,5-8,10H2,1-2H3,(H,24,25). The van der Waals surface area contributed by atoms with Crippen LogP contribution in [0.1, 0.15) is 5.82 Å². The van der Waals surface area contributed by atoms with Gasteiger partial charge >= 0.3 is 0 Å². The van der Waals surface area contributed by atoms with Gasteiger partial charge in [0.05, 0.1) is 22.7 Å². The number of hydrogen-bond donors (Lipinski definition) is 1. The SMILES string of the molecule is CN1CCN(c2nc(N(C)Cc3nc4c(F)c(F)ccc4[nH]3)n3ncc(Br)c3n2)CC1. The van der Waals surface area contributed by atoms with Crippen LogP contribution in [0.3, 0.4) is 0 Å². The van der Waals surface area contributed by atoms with Crippen LogP contribution in [-0.2, 0) is 6.54 Å². The Labute approximate surface area is 184 Å². The van der Waals surface area contributed by atoms with Crippen molar-refractivity contribution >= 4 is 44.5 Å². The van der Waals surface area contributed by atoms with Gasteiger partial charge in [-0.15, -0.1) is 0 Å². The van der Waals surface area contributed by atoms with E-state index in [9.17, 15) is 8.78 Å². The van der Waals surface area contributed by atoms with Gasteiger partial charge in [-0.2, -0.15) is 19.6 Å². The fourth-order valence-electron chi connectivity index (χ4n) is 3.66. The van der Waals surface area contributed by atoms with Crippen molar-refractivity contribution in [2.24, 2.45) is 0 Å². The summed E-state index contributed by atoms with van der Waals surface area (Å²) in [6, 6.07) is 2.56. The normalized spacial score (nSPS) is 15.3. The summed E-state index contributed by atoms with van der Waals surface area (Å²) in [6.07, 6.45) is 1.68. The van der Waals surface area contributed by atoms with Crippen LogP contribution < -0.4 is 9.80 Å². The Morgan fingerprint density at radius 1 is 1.13 bits per heavy atom. The van der Waals surface area contributed by atoms with E-state index in [0.717, 1.165) is 36.7 Å². The van der Waals surface area contributed by atoms with Crippen LogP contribution in [0.2, 0.25) is 0 Å². The van der Waals surface area contributed by atoms with Crippen LogP contribution in [0.25, 0.3) is 16.7 Å². The molecule has 5 rings (SSSR count). The predicted octanol–water partition coefficient (Wildman–Crippen LogP) is 2.43. The van der Waals surface area contributed by atoms with Crippen molar-refractivity contribution in [3.63, 3.8) is 0 Å². The highest BCUT2D eigenvalue weighted by atomic mass is 79.9. The summed E-state index contributed by atoms with van der Waals surface area (Å²) in [7, 11) is 3.94. The molecule has 0 radical (unpaired) electrons. The van der Waals surface area contributed by atoms with Gasteiger partial charge in [0, 0.05) is 33.2 Å². The van der Waals surface area contributed by atoms with E-state index in [1.165, 1.54) is 6.07 Å². The molecule has 0 aliphatic carbocycles. The topological polar surface area (TPSA) is 81.5 Å². The lowest BCUT2D eigenvalue weighted by Gasteiger charge is -2.32. The van der Waals surface area contributed by atoms with Crippen molar-refractivity contribution in [3.8, 4) is 0 Å². The average molecular weight is 492 g/mol. The number of halogens is 3. The fourth-order valence-corrected chi connectivity index (χ4v) is 4.01. The summed E-state index contributed by atoms with van der Waals surface area (Å²) < 4.78 is 30.0. The smallest absolute Gasteiger partial charge is 0.232 e. The minimum atomic E-state index is -0.958. The van der Waals surface area contributed by atoms with Crippen molar-refractivity contribution in [2.75, 3.05) is 50.1 Å². The number of aromatic amines is 1. The van der Waals surface area contributed by atoms with Crippen molar-refractivity contribution in [1.82, 2.24) is 34.4 Å². The maximum atomic E-state index is 14.0. The molecule has 31 heavy (non-hydrogen) atoms. The van der Waals surface area contributed by atoms with E-state index in [4.69, 9.17) is 9.97 Å². The maximum Gasteiger partial charge on any atom is 0.232 e. The molecular formula is C19H20BrF2N9. The maximum absolute atomic E-state index is 14.0. The summed E-state index contributed by atoms with van der Waals surface area (Å²) in [5, 5.41) is 4.38. The predicted molar refractivity (Wildman–Crippen MR) is 116 cm³/mol. The zero-order valence-corrected chi connectivity index (χ0v) is 18.6. The number of imidazole rings is 1. The lowest BCUT2D eigenvalue weighted by Crippen LogP contribution is -2.45. The average Bonchev–Trinajstić information content (AvgIpc) is 3.34. The molecule has 0 spiro atoms. The molecule has 0 atom stereocenters. The highest BCUT2D eigenvalue weighted by Gasteiger charge is 2.22. The van der Waals surface area contributed by atoms with Crippen molar-refractivity contribution in [1.29, 1.82) is 0 Å². The molecule has 1 aromatic carbocycles. The summed E-state index contributed by atoms with van der Waals surface area (Å²) in [6.45, 7) is 3.82. The molecule has 0 bridgehead atoms. The summed E-state index contributed by atoms with van der Waals surface area (Å²) in [5.74, 6) is -0.200. The second-order valence-electron chi connectivity index (χ2n) is 7.64. The van der Waals surface area contributed by atoms with E-state index in [1.54, 1.807) is 10.7 Å². The number of nitrogens with one attached hydrogen (secondary N) is 1. The molecule has 1 aliphatic heterocycles. The van der Waals surface area contributed by atoms with E-state index < -0.39 is 11.6 Å². The van der Waals surface area contributed by atoms with Crippen molar-refractivity contribution < 1.29 is 8.78 Å². The molecule has 0 amide bonds. The first kappa shape index (κ1) is 20.1. The van der Waals surface area contributed by atoms with Gasteiger partial charge < -0.3 is 19.7 Å². The molecular weight excluding hydrogens is 472 g/mol. The van der Waals surface area contributed by atoms with Gasteiger partial charge in [0.15, 0.2) is 17.3 Å². The highest BCUT2D eigenvalue weighted by molar-refractivity contribution is 9.10. The van der Waals surface area contributed by atoms with Gasteiger partial charge in [-0.05, 0) is 35.1 Å². The first-order chi connectivity index (χ1) is 14.9. The fraction of sp³-hybridized carbons (Fsp3) is 0.368. The van der Waals surface area contributed by atoms with Crippen molar-refractivity contribution in [3.05, 3.63) is 40.3 Å². The van der Waals surface area contributed by atoms with Gasteiger partial charge in [-0.25, -0.2) is 13.8 Å². The molecule has 12 heteroatoms. The number of benzene rings is 1. The number of hydrogen-bond acceptors (Lipinski definition) is 7. The van der Waals surface area contributed by atoms with Gasteiger partial charge in [0.25, 0.3) is 0 Å². The Kier molecular flexibility index (Phi) is 4.97. The summed E-state index contributed by atoms with van der Waals surface area (Å²) >= 11 is 3.51. The van der Waals surface area contributed by atoms with Crippen LogP contribution in [-0.4, -0.2) is 74.7 Å². The Morgan fingerprint density at radius 3 is 2.68 bits per heavy atom. The van der Waals surface area contributed by atoms with Crippen molar-refractivity contribution in [2.45, 2.75) is 6.54 Å². The van der Waals surface area contributed by atoms with E-state index in [0.29, 0.717) is 35.4 Å². The van der Waals surface area contributed by atoms with Gasteiger partial charge in [0.1, 0.15) is 11.3 Å². The molecule has 0 unspecified atom stereocenters. The monoisotopic (exact) mass is 491 g/mol. The van der Waals surface area contributed by atoms with Gasteiger partial charge in [-0.1, -0.05) is 0 Å². The minimum Gasteiger partial charge on any atom is -0.340 e. The number of likely N-dealkylation sites (N-methyl/N-ethyl adjacent to an activating group) is 1. The number of anilines is 2. The zero-order chi connectivity index (χ0) is 21.7. The Bertz CT molecular complexity index is 1260. The zero-order valence-electron chi connectivity index (χ0n) is 17.0. The Morgan fingerprint density at radius 2 is 1.90 bits per heavy atom. The second-order valence-corrected chi connectivity index (χ2v) is 8.49. The van der Waals surface area contributed by atoms with Gasteiger partial charge in [0.2, 0.25) is 11.9 Å². The van der Waals surface area contributed by atoms with Crippen LogP contribution in [0.5, 0.6) is 0 Å². The Balaban J connectivity index is 1.50. The number of aromatic nitrogens is 6. The molecule has 1 fully saturated rings. The number of rotatable bonds is 4. The number of piperazine rings is 1. The minimum absolute atomic E-state index is 0.0174. The molecule has 3 aromatic heterocycles. The van der Waals surface area contributed by atoms with Gasteiger partial charge in [-0.3, -0.25) is 0 Å². The van der Waals surface area contributed by atoms with Crippen LogP contribution in [0, 0.1) is 11.6 Å². The quantitative estimate of drug-likeness (QED) is 0.469. The highest BCUT2D eigenvalue weighted by Crippen LogP contribution is 2.25. The molecule has 1 N–H and O–H groups in total. The molecule has 162 valence electrons.